The first kappa shape index (κ1) is 18.4. The van der Waals surface area contributed by atoms with Crippen molar-refractivity contribution in [2.24, 2.45) is 0 Å². The van der Waals surface area contributed by atoms with Crippen LogP contribution in [-0.4, -0.2) is 35.7 Å². The molecule has 7 nitrogen and oxygen atoms in total. The molecule has 2 aromatic rings. The number of benzene rings is 1. The molecule has 27 heavy (non-hydrogen) atoms. The van der Waals surface area contributed by atoms with E-state index >= 15 is 0 Å². The molecule has 0 amide bonds. The quantitative estimate of drug-likeness (QED) is 0.774. The third-order valence-electron chi connectivity index (χ3n) is 4.41. The van der Waals surface area contributed by atoms with Gasteiger partial charge in [0.05, 0.1) is 30.8 Å². The van der Waals surface area contributed by atoms with Crippen LogP contribution in [0.4, 0.5) is 5.69 Å². The second-order valence-electron chi connectivity index (χ2n) is 5.89. The SMILES string of the molecule is CCn1c(C)nc2cc(N3C=CC=CC(C(=O)OC)=C3C(=O)OC)ccc21. The molecule has 2 heterocycles. The molecule has 0 bridgehead atoms. The Hall–Kier alpha value is -3.35. The fraction of sp³-hybridized carbons (Fsp3) is 0.250. The topological polar surface area (TPSA) is 73.7 Å². The highest BCUT2D eigenvalue weighted by Crippen LogP contribution is 2.29. The summed E-state index contributed by atoms with van der Waals surface area (Å²) < 4.78 is 11.9. The lowest BCUT2D eigenvalue weighted by Crippen LogP contribution is -2.26. The van der Waals surface area contributed by atoms with E-state index in [1.54, 1.807) is 23.3 Å². The number of allylic oxidation sites excluding steroid dienone is 2. The lowest BCUT2D eigenvalue weighted by atomic mass is 10.1. The average molecular weight is 367 g/mol. The zero-order valence-electron chi connectivity index (χ0n) is 15.7. The minimum Gasteiger partial charge on any atom is -0.465 e. The average Bonchev–Trinajstić information content (AvgIpc) is 2.85. The molecular weight excluding hydrogens is 346 g/mol. The molecule has 0 fully saturated rings. The smallest absolute Gasteiger partial charge is 0.355 e. The number of esters is 2. The summed E-state index contributed by atoms with van der Waals surface area (Å²) in [4.78, 5) is 30.9. The molecule has 140 valence electrons. The Bertz CT molecular complexity index is 998. The molecule has 0 atom stereocenters. The highest BCUT2D eigenvalue weighted by Gasteiger charge is 2.27. The largest absolute Gasteiger partial charge is 0.465 e. The first-order valence-electron chi connectivity index (χ1n) is 8.53. The molecule has 0 saturated heterocycles. The van der Waals surface area contributed by atoms with Crippen LogP contribution < -0.4 is 4.90 Å². The second-order valence-corrected chi connectivity index (χ2v) is 5.89. The maximum absolute atomic E-state index is 12.5. The highest BCUT2D eigenvalue weighted by molar-refractivity contribution is 6.05. The van der Waals surface area contributed by atoms with Crippen molar-refractivity contribution in [1.29, 1.82) is 0 Å². The molecule has 1 aliphatic rings. The van der Waals surface area contributed by atoms with Crippen LogP contribution in [0.15, 0.2) is 53.9 Å². The number of hydrogen-bond acceptors (Lipinski definition) is 6. The van der Waals surface area contributed by atoms with Crippen LogP contribution in [-0.2, 0) is 25.6 Å². The van der Waals surface area contributed by atoms with Crippen molar-refractivity contribution in [2.45, 2.75) is 20.4 Å². The van der Waals surface area contributed by atoms with Gasteiger partial charge >= 0.3 is 11.9 Å². The van der Waals surface area contributed by atoms with Crippen molar-refractivity contribution in [3.8, 4) is 0 Å². The normalized spacial score (nSPS) is 13.9. The molecule has 0 saturated carbocycles. The van der Waals surface area contributed by atoms with E-state index in [1.165, 1.54) is 20.3 Å². The number of anilines is 1. The van der Waals surface area contributed by atoms with Crippen molar-refractivity contribution >= 4 is 28.7 Å². The van der Waals surface area contributed by atoms with Crippen molar-refractivity contribution in [2.75, 3.05) is 19.1 Å². The van der Waals surface area contributed by atoms with Gasteiger partial charge < -0.3 is 18.9 Å². The van der Waals surface area contributed by atoms with E-state index in [9.17, 15) is 9.59 Å². The number of hydrogen-bond donors (Lipinski definition) is 0. The fourth-order valence-electron chi connectivity index (χ4n) is 3.15. The Morgan fingerprint density at radius 3 is 2.52 bits per heavy atom. The number of carbonyl (C=O) groups is 2. The molecule has 1 aliphatic heterocycles. The van der Waals surface area contributed by atoms with Crippen molar-refractivity contribution in [1.82, 2.24) is 9.55 Å². The van der Waals surface area contributed by atoms with Gasteiger partial charge in [0.2, 0.25) is 0 Å². The standard InChI is InChI=1S/C20H21N3O4/c1-5-22-13(2)21-16-12-14(9-10-17(16)22)23-11-7-6-8-15(19(24)26-3)18(23)20(25)27-4/h6-12H,5H2,1-4H3. The van der Waals surface area contributed by atoms with E-state index in [0.29, 0.717) is 5.69 Å². The van der Waals surface area contributed by atoms with Gasteiger partial charge in [0, 0.05) is 18.4 Å². The predicted octanol–water partition coefficient (Wildman–Crippen LogP) is 2.85. The van der Waals surface area contributed by atoms with Crippen molar-refractivity contribution in [3.05, 3.63) is 59.7 Å². The van der Waals surface area contributed by atoms with Gasteiger partial charge in [-0.05, 0) is 44.2 Å². The summed E-state index contributed by atoms with van der Waals surface area (Å²) in [7, 11) is 2.54. The molecule has 0 N–H and O–H groups in total. The Morgan fingerprint density at radius 1 is 1.11 bits per heavy atom. The number of methoxy groups -OCH3 is 2. The molecule has 0 aliphatic carbocycles. The van der Waals surface area contributed by atoms with Crippen LogP contribution in [0.25, 0.3) is 11.0 Å². The summed E-state index contributed by atoms with van der Waals surface area (Å²) >= 11 is 0. The monoisotopic (exact) mass is 367 g/mol. The van der Waals surface area contributed by atoms with Crippen LogP contribution in [0.3, 0.4) is 0 Å². The first-order chi connectivity index (χ1) is 13.0. The maximum Gasteiger partial charge on any atom is 0.355 e. The summed E-state index contributed by atoms with van der Waals surface area (Å²) in [6, 6.07) is 5.71. The third kappa shape index (κ3) is 3.23. The van der Waals surface area contributed by atoms with Crippen LogP contribution in [0.1, 0.15) is 12.7 Å². The third-order valence-corrected chi connectivity index (χ3v) is 4.41. The number of rotatable bonds is 4. The molecule has 1 aromatic carbocycles. The number of nitrogens with zero attached hydrogens (tertiary/aromatic N) is 3. The van der Waals surface area contributed by atoms with Gasteiger partial charge in [0.15, 0.2) is 0 Å². The van der Waals surface area contributed by atoms with Crippen LogP contribution in [0.2, 0.25) is 0 Å². The van der Waals surface area contributed by atoms with E-state index in [0.717, 1.165) is 23.4 Å². The minimum atomic E-state index is -0.637. The van der Waals surface area contributed by atoms with E-state index in [4.69, 9.17) is 9.47 Å². The Kier molecular flexibility index (Phi) is 5.12. The number of fused-ring (bicyclic) bond motifs is 1. The fourth-order valence-corrected chi connectivity index (χ4v) is 3.15. The predicted molar refractivity (Wildman–Crippen MR) is 102 cm³/mol. The lowest BCUT2D eigenvalue weighted by Gasteiger charge is -2.23. The van der Waals surface area contributed by atoms with Crippen molar-refractivity contribution in [3.63, 3.8) is 0 Å². The van der Waals surface area contributed by atoms with E-state index in [2.05, 4.69) is 16.5 Å². The summed E-state index contributed by atoms with van der Waals surface area (Å²) in [5.41, 5.74) is 2.70. The van der Waals surface area contributed by atoms with Gasteiger partial charge in [-0.15, -0.1) is 0 Å². The molecule has 3 rings (SSSR count). The highest BCUT2D eigenvalue weighted by atomic mass is 16.5. The number of aryl methyl sites for hydroxylation is 2. The zero-order valence-corrected chi connectivity index (χ0v) is 15.7. The second kappa shape index (κ2) is 7.49. The number of carbonyl (C=O) groups excluding carboxylic acids is 2. The van der Waals surface area contributed by atoms with Crippen LogP contribution in [0.5, 0.6) is 0 Å². The molecule has 0 spiro atoms. The molecule has 0 radical (unpaired) electrons. The number of ether oxygens (including phenoxy) is 2. The van der Waals surface area contributed by atoms with Gasteiger partial charge in [0.1, 0.15) is 11.5 Å². The van der Waals surface area contributed by atoms with Gasteiger partial charge in [-0.3, -0.25) is 0 Å². The Morgan fingerprint density at radius 2 is 1.85 bits per heavy atom. The van der Waals surface area contributed by atoms with E-state index < -0.39 is 11.9 Å². The summed E-state index contributed by atoms with van der Waals surface area (Å²) in [6.45, 7) is 4.83. The number of imidazole rings is 1. The van der Waals surface area contributed by atoms with E-state index in [1.807, 2.05) is 25.1 Å². The zero-order chi connectivity index (χ0) is 19.6. The number of aromatic nitrogens is 2. The van der Waals surface area contributed by atoms with Crippen LogP contribution >= 0.6 is 0 Å². The summed E-state index contributed by atoms with van der Waals surface area (Å²) in [5, 5.41) is 0. The first-order valence-corrected chi connectivity index (χ1v) is 8.53. The summed E-state index contributed by atoms with van der Waals surface area (Å²) in [5.74, 6) is -0.341. The molecule has 7 heteroatoms. The van der Waals surface area contributed by atoms with Gasteiger partial charge in [-0.2, -0.15) is 0 Å². The lowest BCUT2D eigenvalue weighted by molar-refractivity contribution is -0.139. The maximum atomic E-state index is 12.5. The molecule has 0 unspecified atom stereocenters. The van der Waals surface area contributed by atoms with Gasteiger partial charge in [0.25, 0.3) is 0 Å². The summed E-state index contributed by atoms with van der Waals surface area (Å²) in [6.07, 6.45) is 6.63. The van der Waals surface area contributed by atoms with Crippen molar-refractivity contribution < 1.29 is 19.1 Å². The van der Waals surface area contributed by atoms with Gasteiger partial charge in [-0.1, -0.05) is 6.08 Å². The molecule has 1 aromatic heterocycles. The van der Waals surface area contributed by atoms with Crippen LogP contribution in [0, 0.1) is 6.92 Å². The van der Waals surface area contributed by atoms with E-state index in [-0.39, 0.29) is 11.3 Å². The molecular formula is C20H21N3O4. The Labute approximate surface area is 157 Å². The minimum absolute atomic E-state index is 0.0837. The van der Waals surface area contributed by atoms with Gasteiger partial charge in [-0.25, -0.2) is 14.6 Å². The Balaban J connectivity index is 2.19.